The van der Waals surface area contributed by atoms with Crippen LogP contribution in [0.25, 0.3) is 0 Å². The summed E-state index contributed by atoms with van der Waals surface area (Å²) in [5.41, 5.74) is 4.24. The summed E-state index contributed by atoms with van der Waals surface area (Å²) >= 11 is 6.34. The zero-order valence-corrected chi connectivity index (χ0v) is 16.9. The Morgan fingerprint density at radius 3 is 2.50 bits per heavy atom. The van der Waals surface area contributed by atoms with Gasteiger partial charge in [-0.1, -0.05) is 48.9 Å². The number of aromatic nitrogens is 1. The SMILES string of the molecule is CCc1ccc(C(=O)N(Cc2cccn2Cc2ccccc2Cl)C2CC2)cc1. The van der Waals surface area contributed by atoms with Crippen molar-refractivity contribution >= 4 is 17.5 Å². The van der Waals surface area contributed by atoms with Crippen LogP contribution >= 0.6 is 11.6 Å². The van der Waals surface area contributed by atoms with Gasteiger partial charge in [0.1, 0.15) is 0 Å². The molecule has 2 aromatic carbocycles. The summed E-state index contributed by atoms with van der Waals surface area (Å²) in [7, 11) is 0. The van der Waals surface area contributed by atoms with Crippen LogP contribution < -0.4 is 0 Å². The van der Waals surface area contributed by atoms with Crippen LogP contribution in [0.2, 0.25) is 5.02 Å². The van der Waals surface area contributed by atoms with Crippen LogP contribution in [-0.4, -0.2) is 21.4 Å². The third kappa shape index (κ3) is 4.15. The second kappa shape index (κ2) is 8.24. The highest BCUT2D eigenvalue weighted by molar-refractivity contribution is 6.31. The summed E-state index contributed by atoms with van der Waals surface area (Å²) in [6.45, 7) is 3.46. The monoisotopic (exact) mass is 392 g/mol. The van der Waals surface area contributed by atoms with Gasteiger partial charge in [0.2, 0.25) is 0 Å². The summed E-state index contributed by atoms with van der Waals surface area (Å²) in [5.74, 6) is 0.121. The van der Waals surface area contributed by atoms with Gasteiger partial charge in [0.15, 0.2) is 0 Å². The molecule has 0 spiro atoms. The summed E-state index contributed by atoms with van der Waals surface area (Å²) < 4.78 is 2.18. The average Bonchev–Trinajstić information content (AvgIpc) is 3.47. The van der Waals surface area contributed by atoms with Crippen LogP contribution in [-0.2, 0) is 19.5 Å². The third-order valence-electron chi connectivity index (χ3n) is 5.41. The molecule has 28 heavy (non-hydrogen) atoms. The molecule has 144 valence electrons. The Labute approximate surface area is 171 Å². The van der Waals surface area contributed by atoms with Gasteiger partial charge in [-0.2, -0.15) is 0 Å². The average molecular weight is 393 g/mol. The van der Waals surface area contributed by atoms with Crippen molar-refractivity contribution < 1.29 is 4.79 Å². The normalized spacial score (nSPS) is 13.5. The number of benzene rings is 2. The largest absolute Gasteiger partial charge is 0.345 e. The van der Waals surface area contributed by atoms with Gasteiger partial charge in [0.05, 0.1) is 6.54 Å². The first-order valence-electron chi connectivity index (χ1n) is 9.93. The maximum absolute atomic E-state index is 13.2. The summed E-state index contributed by atoms with van der Waals surface area (Å²) in [6.07, 6.45) is 5.22. The molecule has 0 atom stereocenters. The summed E-state index contributed by atoms with van der Waals surface area (Å²) in [4.78, 5) is 15.2. The minimum atomic E-state index is 0.121. The summed E-state index contributed by atoms with van der Waals surface area (Å²) in [6, 6.07) is 20.4. The molecular weight excluding hydrogens is 368 g/mol. The van der Waals surface area contributed by atoms with Gasteiger partial charge in [0, 0.05) is 35.1 Å². The van der Waals surface area contributed by atoms with E-state index < -0.39 is 0 Å². The zero-order valence-electron chi connectivity index (χ0n) is 16.1. The highest BCUT2D eigenvalue weighted by Gasteiger charge is 2.33. The first-order chi connectivity index (χ1) is 13.7. The van der Waals surface area contributed by atoms with Gasteiger partial charge in [-0.25, -0.2) is 0 Å². The smallest absolute Gasteiger partial charge is 0.254 e. The van der Waals surface area contributed by atoms with Crippen molar-refractivity contribution in [1.29, 1.82) is 0 Å². The second-order valence-electron chi connectivity index (χ2n) is 7.43. The lowest BCUT2D eigenvalue weighted by Gasteiger charge is -2.24. The molecule has 3 aromatic rings. The Bertz CT molecular complexity index is 957. The van der Waals surface area contributed by atoms with E-state index in [4.69, 9.17) is 11.6 Å². The first-order valence-corrected chi connectivity index (χ1v) is 10.3. The number of amides is 1. The van der Waals surface area contributed by atoms with Crippen molar-refractivity contribution in [1.82, 2.24) is 9.47 Å². The summed E-state index contributed by atoms with van der Waals surface area (Å²) in [5, 5.41) is 0.772. The van der Waals surface area contributed by atoms with Crippen LogP contribution in [0.3, 0.4) is 0 Å². The van der Waals surface area contributed by atoms with Gasteiger partial charge in [0.25, 0.3) is 5.91 Å². The highest BCUT2D eigenvalue weighted by Crippen LogP contribution is 2.30. The molecule has 0 saturated heterocycles. The van der Waals surface area contributed by atoms with E-state index in [1.54, 1.807) is 0 Å². The molecule has 1 saturated carbocycles. The van der Waals surface area contributed by atoms with Crippen LogP contribution in [0.1, 0.15) is 46.9 Å². The maximum Gasteiger partial charge on any atom is 0.254 e. The van der Waals surface area contributed by atoms with Crippen molar-refractivity contribution in [2.75, 3.05) is 0 Å². The van der Waals surface area contributed by atoms with Gasteiger partial charge >= 0.3 is 0 Å². The number of hydrogen-bond donors (Lipinski definition) is 0. The lowest BCUT2D eigenvalue weighted by molar-refractivity contribution is 0.0726. The Morgan fingerprint density at radius 1 is 1.07 bits per heavy atom. The van der Waals surface area contributed by atoms with Gasteiger partial charge in [-0.15, -0.1) is 0 Å². The number of aryl methyl sites for hydroxylation is 1. The van der Waals surface area contributed by atoms with E-state index in [1.807, 2.05) is 47.4 Å². The van der Waals surface area contributed by atoms with Crippen LogP contribution in [0.15, 0.2) is 66.9 Å². The fourth-order valence-corrected chi connectivity index (χ4v) is 3.73. The molecule has 1 fully saturated rings. The number of halogens is 1. The molecule has 4 heteroatoms. The van der Waals surface area contributed by atoms with Gasteiger partial charge in [-0.3, -0.25) is 4.79 Å². The van der Waals surface area contributed by atoms with Crippen LogP contribution in [0.5, 0.6) is 0 Å². The van der Waals surface area contributed by atoms with E-state index in [-0.39, 0.29) is 5.91 Å². The topological polar surface area (TPSA) is 25.2 Å². The maximum atomic E-state index is 13.2. The van der Waals surface area contributed by atoms with Crippen molar-refractivity contribution in [3.8, 4) is 0 Å². The van der Waals surface area contributed by atoms with Crippen molar-refractivity contribution in [2.45, 2.75) is 45.3 Å². The fourth-order valence-electron chi connectivity index (χ4n) is 3.53. The lowest BCUT2D eigenvalue weighted by atomic mass is 10.1. The number of nitrogens with zero attached hydrogens (tertiary/aromatic N) is 2. The number of carbonyl (C=O) groups is 1. The van der Waals surface area contributed by atoms with Crippen LogP contribution in [0.4, 0.5) is 0 Å². The molecular formula is C24H25ClN2O. The lowest BCUT2D eigenvalue weighted by Crippen LogP contribution is -2.33. The standard InChI is InChI=1S/C24H25ClN2O/c1-2-18-9-11-19(12-10-18)24(28)27(21-13-14-21)17-22-7-5-15-26(22)16-20-6-3-4-8-23(20)25/h3-12,15,21H,2,13-14,16-17H2,1H3. The molecule has 1 amide bonds. The van der Waals surface area contributed by atoms with Crippen molar-refractivity contribution in [3.63, 3.8) is 0 Å². The molecule has 1 aliphatic rings. The van der Waals surface area contributed by atoms with E-state index in [9.17, 15) is 4.79 Å². The highest BCUT2D eigenvalue weighted by atomic mass is 35.5. The molecule has 4 rings (SSSR count). The Kier molecular flexibility index (Phi) is 5.54. The van der Waals surface area contributed by atoms with Crippen molar-refractivity contribution in [3.05, 3.63) is 94.3 Å². The number of hydrogen-bond acceptors (Lipinski definition) is 1. The molecule has 0 radical (unpaired) electrons. The Morgan fingerprint density at radius 2 is 1.82 bits per heavy atom. The number of carbonyl (C=O) groups excluding carboxylic acids is 1. The third-order valence-corrected chi connectivity index (χ3v) is 5.78. The van der Waals surface area contributed by atoms with Gasteiger partial charge < -0.3 is 9.47 Å². The molecule has 1 aliphatic carbocycles. The van der Waals surface area contributed by atoms with Crippen LogP contribution in [0, 0.1) is 0 Å². The van der Waals surface area contributed by atoms with E-state index in [0.29, 0.717) is 19.1 Å². The quantitative estimate of drug-likeness (QED) is 0.517. The first kappa shape index (κ1) is 18.8. The van der Waals surface area contributed by atoms with E-state index in [2.05, 4.69) is 35.9 Å². The molecule has 1 heterocycles. The van der Waals surface area contributed by atoms with E-state index in [1.165, 1.54) is 5.56 Å². The molecule has 0 unspecified atom stereocenters. The Hall–Kier alpha value is -2.52. The van der Waals surface area contributed by atoms with Gasteiger partial charge in [-0.05, 0) is 60.7 Å². The fraction of sp³-hybridized carbons (Fsp3) is 0.292. The second-order valence-corrected chi connectivity index (χ2v) is 7.84. The van der Waals surface area contributed by atoms with E-state index in [0.717, 1.165) is 41.1 Å². The van der Waals surface area contributed by atoms with Crippen molar-refractivity contribution in [2.24, 2.45) is 0 Å². The zero-order chi connectivity index (χ0) is 19.5. The number of rotatable bonds is 7. The van der Waals surface area contributed by atoms with E-state index >= 15 is 0 Å². The molecule has 3 nitrogen and oxygen atoms in total. The minimum Gasteiger partial charge on any atom is -0.345 e. The minimum absolute atomic E-state index is 0.121. The predicted octanol–water partition coefficient (Wildman–Crippen LogP) is 5.56. The Balaban J connectivity index is 1.54. The molecule has 0 N–H and O–H groups in total. The predicted molar refractivity (Wildman–Crippen MR) is 114 cm³/mol. The molecule has 0 bridgehead atoms. The molecule has 1 aromatic heterocycles. The molecule has 0 aliphatic heterocycles.